The summed E-state index contributed by atoms with van der Waals surface area (Å²) in [4.78, 5) is 59.0. The molecule has 4 amide bonds. The summed E-state index contributed by atoms with van der Waals surface area (Å²) in [6.07, 6.45) is 0.396. The van der Waals surface area contributed by atoms with Crippen LogP contribution in [-0.2, 0) is 24.0 Å². The first-order chi connectivity index (χ1) is 14.4. The van der Waals surface area contributed by atoms with Crippen LogP contribution in [0.3, 0.4) is 0 Å². The first kappa shape index (κ1) is 28.6. The van der Waals surface area contributed by atoms with Gasteiger partial charge in [0, 0.05) is 6.42 Å². The van der Waals surface area contributed by atoms with Crippen molar-refractivity contribution < 1.29 is 39.3 Å². The molecule has 0 aromatic heterocycles. The van der Waals surface area contributed by atoms with Gasteiger partial charge in [-0.15, -0.1) is 0 Å². The van der Waals surface area contributed by atoms with E-state index in [4.69, 9.17) is 16.6 Å². The third kappa shape index (κ3) is 11.0. The largest absolute Gasteiger partial charge is 0.480 e. The van der Waals surface area contributed by atoms with Crippen LogP contribution in [0.2, 0.25) is 0 Å². The van der Waals surface area contributed by atoms with Gasteiger partial charge in [0.15, 0.2) is 6.04 Å². The quantitative estimate of drug-likeness (QED) is 0.118. The molecule has 0 rings (SSSR count). The maximum absolute atomic E-state index is 12.6. The number of aliphatic hydroxyl groups excluding tert-OH is 2. The zero-order valence-corrected chi connectivity index (χ0v) is 18.2. The number of primary amides is 1. The minimum atomic E-state index is -1.64. The van der Waals surface area contributed by atoms with E-state index in [1.54, 1.807) is 6.26 Å². The Labute approximate surface area is 183 Å². The van der Waals surface area contributed by atoms with Gasteiger partial charge >= 0.3 is 5.97 Å². The second kappa shape index (κ2) is 14.6. The van der Waals surface area contributed by atoms with Gasteiger partial charge in [0.2, 0.25) is 23.6 Å². The lowest BCUT2D eigenvalue weighted by atomic mass is 10.1. The van der Waals surface area contributed by atoms with Gasteiger partial charge in [0.25, 0.3) is 0 Å². The van der Waals surface area contributed by atoms with E-state index in [1.165, 1.54) is 11.8 Å². The lowest BCUT2D eigenvalue weighted by Gasteiger charge is -2.24. The fourth-order valence-electron chi connectivity index (χ4n) is 2.32. The molecule has 0 radical (unpaired) electrons. The molecule has 5 unspecified atom stereocenters. The molecule has 31 heavy (non-hydrogen) atoms. The molecule has 10 N–H and O–H groups in total. The Balaban J connectivity index is 5.16. The van der Waals surface area contributed by atoms with Gasteiger partial charge in [0.05, 0.1) is 18.8 Å². The van der Waals surface area contributed by atoms with Crippen molar-refractivity contribution >= 4 is 41.4 Å². The standard InChI is InChI=1S/C17H31N5O8S/c1-8(24)13(17(29)30)22-16(28)11(7-23)21-15(27)10(5-6-31-2)20-14(26)9(18)3-4-12(19)25/h8-11,13,23-24H,3-7,18H2,1-2H3,(H2,19,25)(H,20,26)(H,21,27)(H,22,28)(H,29,30). The van der Waals surface area contributed by atoms with Gasteiger partial charge in [0.1, 0.15) is 12.1 Å². The van der Waals surface area contributed by atoms with Gasteiger partial charge in [-0.25, -0.2) is 4.79 Å². The van der Waals surface area contributed by atoms with Crippen LogP contribution in [0.25, 0.3) is 0 Å². The molecule has 0 aliphatic heterocycles. The number of thioether (sulfide) groups is 1. The number of rotatable bonds is 15. The molecular formula is C17H31N5O8S. The highest BCUT2D eigenvalue weighted by Gasteiger charge is 2.31. The lowest BCUT2D eigenvalue weighted by Crippen LogP contribution is -2.59. The fraction of sp³-hybridized carbons (Fsp3) is 0.706. The number of amides is 4. The monoisotopic (exact) mass is 465 g/mol. The Morgan fingerprint density at radius 3 is 1.97 bits per heavy atom. The maximum atomic E-state index is 12.6. The SMILES string of the molecule is CSCCC(NC(=O)C(N)CCC(N)=O)C(=O)NC(CO)C(=O)NC(C(=O)O)C(C)O. The van der Waals surface area contributed by atoms with Gasteiger partial charge in [-0.05, 0) is 31.8 Å². The maximum Gasteiger partial charge on any atom is 0.328 e. The van der Waals surface area contributed by atoms with Crippen LogP contribution in [0, 0.1) is 0 Å². The highest BCUT2D eigenvalue weighted by molar-refractivity contribution is 7.98. The van der Waals surface area contributed by atoms with Gasteiger partial charge in [-0.2, -0.15) is 11.8 Å². The van der Waals surface area contributed by atoms with Gasteiger partial charge in [-0.1, -0.05) is 0 Å². The number of carbonyl (C=O) groups is 5. The van der Waals surface area contributed by atoms with E-state index in [2.05, 4.69) is 10.6 Å². The number of hydrogen-bond acceptors (Lipinski definition) is 9. The molecule has 0 spiro atoms. The molecule has 0 heterocycles. The smallest absolute Gasteiger partial charge is 0.328 e. The van der Waals surface area contributed by atoms with E-state index in [0.29, 0.717) is 5.75 Å². The summed E-state index contributed by atoms with van der Waals surface area (Å²) in [7, 11) is 0. The summed E-state index contributed by atoms with van der Waals surface area (Å²) in [5.41, 5.74) is 10.7. The predicted octanol–water partition coefficient (Wildman–Crippen LogP) is -3.76. The Bertz CT molecular complexity index is 648. The summed E-state index contributed by atoms with van der Waals surface area (Å²) >= 11 is 1.40. The molecule has 178 valence electrons. The first-order valence-electron chi connectivity index (χ1n) is 9.40. The topological polar surface area (TPSA) is 234 Å². The van der Waals surface area contributed by atoms with Crippen LogP contribution in [0.4, 0.5) is 0 Å². The number of aliphatic carboxylic acids is 1. The highest BCUT2D eigenvalue weighted by Crippen LogP contribution is 2.04. The average Bonchev–Trinajstić information content (AvgIpc) is 2.69. The third-order valence-corrected chi connectivity index (χ3v) is 4.79. The molecule has 0 fully saturated rings. The second-order valence-corrected chi connectivity index (χ2v) is 7.75. The molecule has 14 heteroatoms. The molecule has 0 bridgehead atoms. The van der Waals surface area contributed by atoms with E-state index in [-0.39, 0.29) is 19.3 Å². The van der Waals surface area contributed by atoms with Crippen LogP contribution in [0.1, 0.15) is 26.2 Å². The van der Waals surface area contributed by atoms with E-state index in [9.17, 15) is 34.2 Å². The molecule has 0 saturated heterocycles. The lowest BCUT2D eigenvalue weighted by molar-refractivity contribution is -0.145. The van der Waals surface area contributed by atoms with Crippen molar-refractivity contribution in [2.24, 2.45) is 11.5 Å². The van der Waals surface area contributed by atoms with E-state index < -0.39 is 66.5 Å². The number of carbonyl (C=O) groups excluding carboxylic acids is 4. The van der Waals surface area contributed by atoms with Crippen molar-refractivity contribution in [3.63, 3.8) is 0 Å². The molecule has 0 aliphatic carbocycles. The Kier molecular flexibility index (Phi) is 13.4. The fourth-order valence-corrected chi connectivity index (χ4v) is 2.79. The van der Waals surface area contributed by atoms with Crippen molar-refractivity contribution in [2.75, 3.05) is 18.6 Å². The van der Waals surface area contributed by atoms with Crippen molar-refractivity contribution in [3.05, 3.63) is 0 Å². The number of hydrogen-bond donors (Lipinski definition) is 8. The van der Waals surface area contributed by atoms with E-state index in [0.717, 1.165) is 6.92 Å². The van der Waals surface area contributed by atoms with Crippen molar-refractivity contribution in [1.29, 1.82) is 0 Å². The molecular weight excluding hydrogens is 434 g/mol. The number of nitrogens with two attached hydrogens (primary N) is 2. The average molecular weight is 466 g/mol. The minimum Gasteiger partial charge on any atom is -0.480 e. The predicted molar refractivity (Wildman–Crippen MR) is 112 cm³/mol. The number of nitrogens with one attached hydrogen (secondary N) is 3. The van der Waals surface area contributed by atoms with Gasteiger partial charge < -0.3 is 42.7 Å². The molecule has 0 saturated carbocycles. The molecule has 0 aromatic carbocycles. The van der Waals surface area contributed by atoms with Crippen molar-refractivity contribution in [2.45, 2.75) is 56.5 Å². The van der Waals surface area contributed by atoms with Crippen LogP contribution in [-0.4, -0.2) is 93.8 Å². The minimum absolute atomic E-state index is 0.0182. The molecule has 13 nitrogen and oxygen atoms in total. The van der Waals surface area contributed by atoms with E-state index >= 15 is 0 Å². The number of carboxylic acid groups (broad SMARTS) is 1. The number of carboxylic acids is 1. The highest BCUT2D eigenvalue weighted by atomic mass is 32.2. The summed E-state index contributed by atoms with van der Waals surface area (Å²) in [5.74, 6) is -4.20. The summed E-state index contributed by atoms with van der Waals surface area (Å²) in [5, 5.41) is 34.6. The van der Waals surface area contributed by atoms with E-state index in [1.807, 2.05) is 5.32 Å². The van der Waals surface area contributed by atoms with Crippen LogP contribution in [0.5, 0.6) is 0 Å². The number of aliphatic hydroxyl groups is 2. The summed E-state index contributed by atoms with van der Waals surface area (Å²) < 4.78 is 0. The Morgan fingerprint density at radius 1 is 0.968 bits per heavy atom. The first-order valence-corrected chi connectivity index (χ1v) is 10.8. The molecule has 0 aromatic rings. The summed E-state index contributed by atoms with van der Waals surface area (Å²) in [6.45, 7) is 0.298. The van der Waals surface area contributed by atoms with Crippen molar-refractivity contribution in [3.8, 4) is 0 Å². The zero-order valence-electron chi connectivity index (χ0n) is 17.4. The Hall–Kier alpha value is -2.42. The van der Waals surface area contributed by atoms with Crippen LogP contribution in [0.15, 0.2) is 0 Å². The van der Waals surface area contributed by atoms with Gasteiger partial charge in [-0.3, -0.25) is 19.2 Å². The molecule has 5 atom stereocenters. The third-order valence-electron chi connectivity index (χ3n) is 4.14. The zero-order chi connectivity index (χ0) is 24.1. The molecule has 0 aliphatic rings. The van der Waals surface area contributed by atoms with Crippen LogP contribution < -0.4 is 27.4 Å². The normalized spacial score (nSPS) is 15.6. The van der Waals surface area contributed by atoms with Crippen molar-refractivity contribution in [1.82, 2.24) is 16.0 Å². The summed E-state index contributed by atoms with van der Waals surface area (Å²) in [6, 6.07) is -5.36. The second-order valence-electron chi connectivity index (χ2n) is 6.76. The Morgan fingerprint density at radius 2 is 1.52 bits per heavy atom. The van der Waals surface area contributed by atoms with Crippen LogP contribution >= 0.6 is 11.8 Å².